The Morgan fingerprint density at radius 2 is 2.15 bits per heavy atom. The standard InChI is InChI=1S/C13H13BrF3NO2/c1-7-11(4-5-20-7)18-12(19)9-6-8(13(15,16)17)2-3-10(9)14/h2-3,6-7,11H,4-5H2,1H3,(H,18,19). The smallest absolute Gasteiger partial charge is 0.376 e. The maximum absolute atomic E-state index is 12.7. The minimum Gasteiger partial charge on any atom is -0.376 e. The van der Waals surface area contributed by atoms with Crippen molar-refractivity contribution in [2.24, 2.45) is 0 Å². The highest BCUT2D eigenvalue weighted by Gasteiger charge is 2.32. The molecule has 2 unspecified atom stereocenters. The van der Waals surface area contributed by atoms with E-state index in [0.29, 0.717) is 17.5 Å². The molecule has 1 aromatic rings. The van der Waals surface area contributed by atoms with Crippen molar-refractivity contribution >= 4 is 21.8 Å². The molecule has 7 heteroatoms. The molecule has 1 aliphatic rings. The highest BCUT2D eigenvalue weighted by Crippen LogP contribution is 2.32. The Kier molecular flexibility index (Phi) is 4.39. The van der Waals surface area contributed by atoms with Crippen LogP contribution in [0.2, 0.25) is 0 Å². The molecule has 0 saturated carbocycles. The molecule has 1 aliphatic heterocycles. The molecule has 3 nitrogen and oxygen atoms in total. The zero-order valence-electron chi connectivity index (χ0n) is 10.6. The van der Waals surface area contributed by atoms with Crippen molar-refractivity contribution in [1.29, 1.82) is 0 Å². The number of rotatable bonds is 2. The molecule has 2 rings (SSSR count). The van der Waals surface area contributed by atoms with Crippen LogP contribution in [0.4, 0.5) is 13.2 Å². The van der Waals surface area contributed by atoms with Crippen LogP contribution in [0.1, 0.15) is 29.3 Å². The summed E-state index contributed by atoms with van der Waals surface area (Å²) in [4.78, 5) is 12.1. The van der Waals surface area contributed by atoms with Gasteiger partial charge < -0.3 is 10.1 Å². The van der Waals surface area contributed by atoms with Gasteiger partial charge in [0, 0.05) is 11.1 Å². The van der Waals surface area contributed by atoms with Gasteiger partial charge in [0.05, 0.1) is 23.3 Å². The lowest BCUT2D eigenvalue weighted by Crippen LogP contribution is -2.39. The van der Waals surface area contributed by atoms with E-state index in [2.05, 4.69) is 21.2 Å². The van der Waals surface area contributed by atoms with E-state index in [-0.39, 0.29) is 17.7 Å². The lowest BCUT2D eigenvalue weighted by Gasteiger charge is -2.17. The van der Waals surface area contributed by atoms with Crippen LogP contribution in [0.3, 0.4) is 0 Å². The zero-order chi connectivity index (χ0) is 14.9. The summed E-state index contributed by atoms with van der Waals surface area (Å²) in [6.45, 7) is 2.36. The molecule has 0 spiro atoms. The van der Waals surface area contributed by atoms with Crippen molar-refractivity contribution in [3.8, 4) is 0 Å². The molecule has 1 fully saturated rings. The highest BCUT2D eigenvalue weighted by atomic mass is 79.9. The first kappa shape index (κ1) is 15.3. The molecule has 0 aliphatic carbocycles. The fraction of sp³-hybridized carbons (Fsp3) is 0.462. The van der Waals surface area contributed by atoms with Crippen LogP contribution in [-0.4, -0.2) is 24.7 Å². The van der Waals surface area contributed by atoms with E-state index < -0.39 is 17.6 Å². The Labute approximate surface area is 122 Å². The third kappa shape index (κ3) is 3.32. The molecule has 0 bridgehead atoms. The molecule has 20 heavy (non-hydrogen) atoms. The lowest BCUT2D eigenvalue weighted by molar-refractivity contribution is -0.137. The first-order valence-electron chi connectivity index (χ1n) is 6.08. The number of hydrogen-bond donors (Lipinski definition) is 1. The number of benzene rings is 1. The van der Waals surface area contributed by atoms with Crippen LogP contribution in [0, 0.1) is 0 Å². The summed E-state index contributed by atoms with van der Waals surface area (Å²) in [5.41, 5.74) is -0.875. The topological polar surface area (TPSA) is 38.3 Å². The maximum Gasteiger partial charge on any atom is 0.416 e. The summed E-state index contributed by atoms with van der Waals surface area (Å²) in [5, 5.41) is 2.70. The first-order chi connectivity index (χ1) is 9.29. The van der Waals surface area contributed by atoms with Crippen molar-refractivity contribution < 1.29 is 22.7 Å². The fourth-order valence-corrected chi connectivity index (χ4v) is 2.47. The van der Waals surface area contributed by atoms with Gasteiger partial charge in [0.15, 0.2) is 0 Å². The maximum atomic E-state index is 12.7. The second kappa shape index (κ2) is 5.73. The number of ether oxygens (including phenoxy) is 1. The molecule has 0 aromatic heterocycles. The van der Waals surface area contributed by atoms with Crippen molar-refractivity contribution in [2.75, 3.05) is 6.61 Å². The van der Waals surface area contributed by atoms with E-state index in [4.69, 9.17) is 4.74 Å². The van der Waals surface area contributed by atoms with Gasteiger partial charge in [-0.05, 0) is 47.5 Å². The second-order valence-electron chi connectivity index (χ2n) is 4.64. The van der Waals surface area contributed by atoms with Gasteiger partial charge in [-0.25, -0.2) is 0 Å². The molecule has 110 valence electrons. The number of amides is 1. The summed E-state index contributed by atoms with van der Waals surface area (Å²) < 4.78 is 43.6. The minimum absolute atomic E-state index is 0.0288. The Balaban J connectivity index is 2.20. The number of halogens is 4. The zero-order valence-corrected chi connectivity index (χ0v) is 12.2. The van der Waals surface area contributed by atoms with Gasteiger partial charge in [0.25, 0.3) is 5.91 Å². The van der Waals surface area contributed by atoms with Gasteiger partial charge in [-0.1, -0.05) is 0 Å². The molecule has 1 aromatic carbocycles. The predicted octanol–water partition coefficient (Wildman–Crippen LogP) is 3.38. The number of nitrogens with one attached hydrogen (secondary N) is 1. The monoisotopic (exact) mass is 351 g/mol. The summed E-state index contributed by atoms with van der Waals surface area (Å²) >= 11 is 3.10. The average molecular weight is 352 g/mol. The average Bonchev–Trinajstić information content (AvgIpc) is 2.74. The quantitative estimate of drug-likeness (QED) is 0.886. The Bertz CT molecular complexity index is 519. The Hall–Kier alpha value is -1.08. The molecule has 1 saturated heterocycles. The van der Waals surface area contributed by atoms with E-state index in [1.807, 2.05) is 6.92 Å². The fourth-order valence-electron chi connectivity index (χ4n) is 2.04. The van der Waals surface area contributed by atoms with E-state index in [9.17, 15) is 18.0 Å². The van der Waals surface area contributed by atoms with E-state index in [1.165, 1.54) is 6.07 Å². The largest absolute Gasteiger partial charge is 0.416 e. The third-order valence-corrected chi connectivity index (χ3v) is 3.92. The first-order valence-corrected chi connectivity index (χ1v) is 6.87. The van der Waals surface area contributed by atoms with E-state index in [0.717, 1.165) is 12.1 Å². The third-order valence-electron chi connectivity index (χ3n) is 3.23. The summed E-state index contributed by atoms with van der Waals surface area (Å²) in [6, 6.07) is 2.83. The van der Waals surface area contributed by atoms with Gasteiger partial charge in [-0.3, -0.25) is 4.79 Å². The van der Waals surface area contributed by atoms with E-state index in [1.54, 1.807) is 0 Å². The highest BCUT2D eigenvalue weighted by molar-refractivity contribution is 9.10. The molecular weight excluding hydrogens is 339 g/mol. The van der Waals surface area contributed by atoms with Crippen LogP contribution in [0.5, 0.6) is 0 Å². The van der Waals surface area contributed by atoms with Crippen LogP contribution in [0.25, 0.3) is 0 Å². The molecule has 1 heterocycles. The minimum atomic E-state index is -4.47. The Morgan fingerprint density at radius 1 is 1.45 bits per heavy atom. The predicted molar refractivity (Wildman–Crippen MR) is 70.4 cm³/mol. The van der Waals surface area contributed by atoms with Gasteiger partial charge in [-0.2, -0.15) is 13.2 Å². The molecule has 0 radical (unpaired) electrons. The number of hydrogen-bond acceptors (Lipinski definition) is 2. The molecular formula is C13H13BrF3NO2. The van der Waals surface area contributed by atoms with Gasteiger partial charge in [-0.15, -0.1) is 0 Å². The number of alkyl halides is 3. The van der Waals surface area contributed by atoms with Crippen molar-refractivity contribution in [1.82, 2.24) is 5.32 Å². The summed E-state index contributed by atoms with van der Waals surface area (Å²) in [5.74, 6) is -0.537. The second-order valence-corrected chi connectivity index (χ2v) is 5.49. The van der Waals surface area contributed by atoms with Crippen LogP contribution < -0.4 is 5.32 Å². The number of carbonyl (C=O) groups is 1. The molecule has 1 amide bonds. The van der Waals surface area contributed by atoms with Crippen molar-refractivity contribution in [3.05, 3.63) is 33.8 Å². The summed E-state index contributed by atoms with van der Waals surface area (Å²) in [6.07, 6.45) is -3.95. The SMILES string of the molecule is CC1OCCC1NC(=O)c1cc(C(F)(F)F)ccc1Br. The summed E-state index contributed by atoms with van der Waals surface area (Å²) in [7, 11) is 0. The van der Waals surface area contributed by atoms with Gasteiger partial charge in [0.1, 0.15) is 0 Å². The van der Waals surface area contributed by atoms with E-state index >= 15 is 0 Å². The normalized spacial score (nSPS) is 22.9. The van der Waals surface area contributed by atoms with Crippen LogP contribution in [-0.2, 0) is 10.9 Å². The van der Waals surface area contributed by atoms with Gasteiger partial charge >= 0.3 is 6.18 Å². The lowest BCUT2D eigenvalue weighted by atomic mass is 10.1. The Morgan fingerprint density at radius 3 is 2.70 bits per heavy atom. The van der Waals surface area contributed by atoms with Crippen molar-refractivity contribution in [2.45, 2.75) is 31.7 Å². The van der Waals surface area contributed by atoms with Crippen molar-refractivity contribution in [3.63, 3.8) is 0 Å². The van der Waals surface area contributed by atoms with Gasteiger partial charge in [0.2, 0.25) is 0 Å². The van der Waals surface area contributed by atoms with Crippen LogP contribution >= 0.6 is 15.9 Å². The number of carbonyl (C=O) groups excluding carboxylic acids is 1. The van der Waals surface area contributed by atoms with Crippen LogP contribution in [0.15, 0.2) is 22.7 Å². The molecule has 1 N–H and O–H groups in total. The molecule has 2 atom stereocenters.